The van der Waals surface area contributed by atoms with Gasteiger partial charge in [-0.3, -0.25) is 4.90 Å². The third-order valence-corrected chi connectivity index (χ3v) is 6.30. The van der Waals surface area contributed by atoms with Gasteiger partial charge in [0.2, 0.25) is 0 Å². The van der Waals surface area contributed by atoms with Crippen LogP contribution in [0.3, 0.4) is 0 Å². The highest BCUT2D eigenvalue weighted by atomic mass is 32.1. The first-order valence-electron chi connectivity index (χ1n) is 8.17. The predicted octanol–water partition coefficient (Wildman–Crippen LogP) is 3.08. The van der Waals surface area contributed by atoms with Gasteiger partial charge in [-0.25, -0.2) is 4.98 Å². The molecule has 110 valence electrons. The fourth-order valence-corrected chi connectivity index (χ4v) is 5.19. The summed E-state index contributed by atoms with van der Waals surface area (Å²) in [6.45, 7) is 7.04. The normalized spacial score (nSPS) is 34.0. The number of fused-ring (bicyclic) bond motifs is 1. The van der Waals surface area contributed by atoms with Gasteiger partial charge in [0.15, 0.2) is 0 Å². The van der Waals surface area contributed by atoms with Crippen molar-refractivity contribution in [3.8, 4) is 0 Å². The van der Waals surface area contributed by atoms with Crippen LogP contribution in [0.4, 0.5) is 0 Å². The maximum atomic E-state index is 5.03. The van der Waals surface area contributed by atoms with Crippen molar-refractivity contribution in [2.45, 2.75) is 69.5 Å². The lowest BCUT2D eigenvalue weighted by Gasteiger charge is -2.35. The number of hydrogen-bond acceptors (Lipinski definition) is 4. The van der Waals surface area contributed by atoms with Crippen LogP contribution in [0.25, 0.3) is 0 Å². The summed E-state index contributed by atoms with van der Waals surface area (Å²) in [5, 5.41) is 7.66. The Labute approximate surface area is 125 Å². The summed E-state index contributed by atoms with van der Waals surface area (Å²) in [7, 11) is 0. The summed E-state index contributed by atoms with van der Waals surface area (Å²) in [5.41, 5.74) is 1.44. The molecule has 0 radical (unpaired) electrons. The van der Waals surface area contributed by atoms with Crippen molar-refractivity contribution in [3.05, 3.63) is 16.1 Å². The van der Waals surface area contributed by atoms with Crippen molar-refractivity contribution in [2.24, 2.45) is 0 Å². The molecule has 4 heteroatoms. The highest BCUT2D eigenvalue weighted by Crippen LogP contribution is 2.46. The Kier molecular flexibility index (Phi) is 3.17. The van der Waals surface area contributed by atoms with E-state index in [4.69, 9.17) is 4.98 Å². The lowest BCUT2D eigenvalue weighted by atomic mass is 9.88. The van der Waals surface area contributed by atoms with Crippen LogP contribution in [0.1, 0.15) is 62.6 Å². The highest BCUT2D eigenvalue weighted by Gasteiger charge is 2.53. The molecule has 4 rings (SSSR count). The number of hydrogen-bond donors (Lipinski definition) is 1. The van der Waals surface area contributed by atoms with Crippen LogP contribution in [-0.4, -0.2) is 35.1 Å². The summed E-state index contributed by atoms with van der Waals surface area (Å²) < 4.78 is 0. The maximum absolute atomic E-state index is 5.03. The number of thiazole rings is 1. The Morgan fingerprint density at radius 1 is 1.35 bits per heavy atom. The van der Waals surface area contributed by atoms with E-state index in [1.807, 2.05) is 11.3 Å². The monoisotopic (exact) mass is 291 g/mol. The van der Waals surface area contributed by atoms with E-state index in [2.05, 4.69) is 29.4 Å². The van der Waals surface area contributed by atoms with Gasteiger partial charge < -0.3 is 5.32 Å². The van der Waals surface area contributed by atoms with Crippen molar-refractivity contribution in [1.29, 1.82) is 0 Å². The molecule has 1 aromatic rings. The molecule has 1 N–H and O–H groups in total. The quantitative estimate of drug-likeness (QED) is 0.924. The number of rotatable bonds is 4. The zero-order valence-electron chi connectivity index (χ0n) is 12.6. The SMILES string of the molecule is CC(C)c1csc(C2(NC3CC3)CCN3CCCC32)n1. The Morgan fingerprint density at radius 3 is 2.90 bits per heavy atom. The standard InChI is InChI=1S/C16H25N3S/c1-11(2)13-10-20-15(17-13)16(18-12-5-6-12)7-9-19-8-3-4-14(16)19/h10-12,14,18H,3-9H2,1-2H3. The Morgan fingerprint density at radius 2 is 2.20 bits per heavy atom. The van der Waals surface area contributed by atoms with Crippen LogP contribution in [0.5, 0.6) is 0 Å². The average Bonchev–Trinajstić information content (AvgIpc) is 2.85. The van der Waals surface area contributed by atoms with Gasteiger partial charge >= 0.3 is 0 Å². The summed E-state index contributed by atoms with van der Waals surface area (Å²) in [4.78, 5) is 7.73. The van der Waals surface area contributed by atoms with Crippen LogP contribution >= 0.6 is 11.3 Å². The van der Waals surface area contributed by atoms with Crippen LogP contribution in [-0.2, 0) is 5.54 Å². The van der Waals surface area contributed by atoms with E-state index in [1.165, 1.54) is 55.9 Å². The van der Waals surface area contributed by atoms with Crippen molar-refractivity contribution >= 4 is 11.3 Å². The van der Waals surface area contributed by atoms with Gasteiger partial charge in [0.05, 0.1) is 11.2 Å². The Balaban J connectivity index is 1.70. The fraction of sp³-hybridized carbons (Fsp3) is 0.812. The van der Waals surface area contributed by atoms with Gasteiger partial charge in [-0.1, -0.05) is 13.8 Å². The predicted molar refractivity (Wildman–Crippen MR) is 83.3 cm³/mol. The van der Waals surface area contributed by atoms with Crippen molar-refractivity contribution in [3.63, 3.8) is 0 Å². The molecule has 0 amide bonds. The zero-order chi connectivity index (χ0) is 13.7. The van der Waals surface area contributed by atoms with Crippen LogP contribution < -0.4 is 5.32 Å². The van der Waals surface area contributed by atoms with E-state index in [0.29, 0.717) is 12.0 Å². The molecule has 0 spiro atoms. The largest absolute Gasteiger partial charge is 0.301 e. The van der Waals surface area contributed by atoms with Gasteiger partial charge in [-0.15, -0.1) is 11.3 Å². The first-order chi connectivity index (χ1) is 9.69. The first-order valence-corrected chi connectivity index (χ1v) is 9.05. The van der Waals surface area contributed by atoms with E-state index in [0.717, 1.165) is 6.04 Å². The third-order valence-electron chi connectivity index (χ3n) is 5.26. The van der Waals surface area contributed by atoms with E-state index in [-0.39, 0.29) is 5.54 Å². The van der Waals surface area contributed by atoms with Crippen molar-refractivity contribution in [1.82, 2.24) is 15.2 Å². The second kappa shape index (κ2) is 4.79. The molecule has 3 aliphatic rings. The summed E-state index contributed by atoms with van der Waals surface area (Å²) in [5.74, 6) is 0.541. The molecule has 3 heterocycles. The molecule has 3 fully saturated rings. The lowest BCUT2D eigenvalue weighted by Crippen LogP contribution is -2.51. The maximum Gasteiger partial charge on any atom is 0.115 e. The van der Waals surface area contributed by atoms with Gasteiger partial charge in [0, 0.05) is 24.0 Å². The molecule has 20 heavy (non-hydrogen) atoms. The second-order valence-electron chi connectivity index (χ2n) is 7.07. The molecular weight excluding hydrogens is 266 g/mol. The summed E-state index contributed by atoms with van der Waals surface area (Å²) in [6.07, 6.45) is 6.67. The Bertz CT molecular complexity index is 494. The molecule has 1 saturated carbocycles. The van der Waals surface area contributed by atoms with Crippen LogP contribution in [0, 0.1) is 0 Å². The molecule has 0 bridgehead atoms. The zero-order valence-corrected chi connectivity index (χ0v) is 13.4. The first kappa shape index (κ1) is 13.2. The Hall–Kier alpha value is -0.450. The average molecular weight is 291 g/mol. The van der Waals surface area contributed by atoms with Crippen molar-refractivity contribution in [2.75, 3.05) is 13.1 Å². The van der Waals surface area contributed by atoms with Crippen LogP contribution in [0.15, 0.2) is 5.38 Å². The molecule has 2 saturated heterocycles. The fourth-order valence-electron chi connectivity index (χ4n) is 3.97. The van der Waals surface area contributed by atoms with E-state index in [1.54, 1.807) is 0 Å². The highest BCUT2D eigenvalue weighted by molar-refractivity contribution is 7.09. The number of aromatic nitrogens is 1. The number of nitrogens with zero attached hydrogens (tertiary/aromatic N) is 2. The molecule has 1 aliphatic carbocycles. The van der Waals surface area contributed by atoms with Gasteiger partial charge in [0.25, 0.3) is 0 Å². The van der Waals surface area contributed by atoms with E-state index >= 15 is 0 Å². The molecule has 3 nitrogen and oxygen atoms in total. The minimum Gasteiger partial charge on any atom is -0.301 e. The van der Waals surface area contributed by atoms with Gasteiger partial charge in [-0.05, 0) is 44.6 Å². The second-order valence-corrected chi connectivity index (χ2v) is 7.92. The summed E-state index contributed by atoms with van der Waals surface area (Å²) in [6, 6.07) is 1.44. The molecule has 2 unspecified atom stereocenters. The minimum absolute atomic E-state index is 0.162. The lowest BCUT2D eigenvalue weighted by molar-refractivity contribution is 0.222. The molecule has 1 aromatic heterocycles. The third kappa shape index (κ3) is 2.04. The van der Waals surface area contributed by atoms with Crippen molar-refractivity contribution < 1.29 is 0 Å². The molecular formula is C16H25N3S. The molecule has 2 atom stereocenters. The topological polar surface area (TPSA) is 28.2 Å². The van der Waals surface area contributed by atoms with Gasteiger partial charge in [-0.2, -0.15) is 0 Å². The molecule has 0 aromatic carbocycles. The van der Waals surface area contributed by atoms with E-state index < -0.39 is 0 Å². The molecule has 2 aliphatic heterocycles. The van der Waals surface area contributed by atoms with E-state index in [9.17, 15) is 0 Å². The smallest absolute Gasteiger partial charge is 0.115 e. The van der Waals surface area contributed by atoms with Crippen LogP contribution in [0.2, 0.25) is 0 Å². The minimum atomic E-state index is 0.162. The van der Waals surface area contributed by atoms with Gasteiger partial charge in [0.1, 0.15) is 5.01 Å². The number of nitrogens with one attached hydrogen (secondary N) is 1. The summed E-state index contributed by atoms with van der Waals surface area (Å²) >= 11 is 1.89.